The van der Waals surface area contributed by atoms with Crippen LogP contribution in [0.5, 0.6) is 0 Å². The van der Waals surface area contributed by atoms with Crippen LogP contribution in [-0.2, 0) is 6.54 Å². The summed E-state index contributed by atoms with van der Waals surface area (Å²) in [5.41, 5.74) is -0.353. The van der Waals surface area contributed by atoms with Crippen molar-refractivity contribution in [1.82, 2.24) is 5.32 Å². The van der Waals surface area contributed by atoms with E-state index in [4.69, 9.17) is 4.42 Å². The van der Waals surface area contributed by atoms with E-state index in [0.717, 1.165) is 0 Å². The van der Waals surface area contributed by atoms with Gasteiger partial charge >= 0.3 is 0 Å². The fourth-order valence-electron chi connectivity index (χ4n) is 1.56. The van der Waals surface area contributed by atoms with Gasteiger partial charge in [0.15, 0.2) is 0 Å². The minimum absolute atomic E-state index is 0.0465. The van der Waals surface area contributed by atoms with Gasteiger partial charge in [0.1, 0.15) is 29.0 Å². The number of benzene rings is 1. The lowest BCUT2D eigenvalue weighted by molar-refractivity contribution is 0.492. The third-order valence-corrected chi connectivity index (χ3v) is 2.27. The second-order valence-corrected chi connectivity index (χ2v) is 3.54. The van der Waals surface area contributed by atoms with Gasteiger partial charge < -0.3 is 9.73 Å². The largest absolute Gasteiger partial charge is 0.460 e. The van der Waals surface area contributed by atoms with Gasteiger partial charge in [-0.3, -0.25) is 0 Å². The molecular weight excluding hydrogens is 231 g/mol. The Morgan fingerprint density at radius 2 is 1.76 bits per heavy atom. The molecule has 17 heavy (non-hydrogen) atoms. The highest BCUT2D eigenvalue weighted by Crippen LogP contribution is 2.28. The third-order valence-electron chi connectivity index (χ3n) is 2.27. The predicted molar refractivity (Wildman–Crippen MR) is 56.8 cm³/mol. The standard InChI is InChI=1S/C12H10F3NO/c1-16-6-8-2-3-11(17-8)12-9(14)4-7(13)5-10(12)15/h2-5,16H,6H2,1H3. The SMILES string of the molecule is CNCc1ccc(-c2c(F)cc(F)cc2F)o1. The van der Waals surface area contributed by atoms with Gasteiger partial charge in [0.2, 0.25) is 0 Å². The summed E-state index contributed by atoms with van der Waals surface area (Å²) in [7, 11) is 1.72. The van der Waals surface area contributed by atoms with Crippen LogP contribution in [0.2, 0.25) is 0 Å². The lowest BCUT2D eigenvalue weighted by Crippen LogP contribution is -2.03. The molecule has 0 aliphatic heterocycles. The van der Waals surface area contributed by atoms with Gasteiger partial charge in [0.25, 0.3) is 0 Å². The van der Waals surface area contributed by atoms with E-state index >= 15 is 0 Å². The summed E-state index contributed by atoms with van der Waals surface area (Å²) in [6.45, 7) is 0.449. The van der Waals surface area contributed by atoms with E-state index < -0.39 is 17.5 Å². The summed E-state index contributed by atoms with van der Waals surface area (Å²) in [5.74, 6) is -2.32. The van der Waals surface area contributed by atoms with E-state index in [1.165, 1.54) is 6.07 Å². The van der Waals surface area contributed by atoms with Crippen LogP contribution >= 0.6 is 0 Å². The Balaban J connectivity index is 2.45. The number of furan rings is 1. The van der Waals surface area contributed by atoms with Gasteiger partial charge in [-0.2, -0.15) is 0 Å². The average Bonchev–Trinajstić information content (AvgIpc) is 2.65. The smallest absolute Gasteiger partial charge is 0.140 e. The summed E-state index contributed by atoms with van der Waals surface area (Å²) in [5, 5.41) is 2.85. The van der Waals surface area contributed by atoms with E-state index in [9.17, 15) is 13.2 Å². The van der Waals surface area contributed by atoms with Crippen LogP contribution < -0.4 is 5.32 Å². The molecule has 5 heteroatoms. The molecule has 0 atom stereocenters. The summed E-state index contributed by atoms with van der Waals surface area (Å²) in [6.07, 6.45) is 0. The van der Waals surface area contributed by atoms with Crippen molar-refractivity contribution in [2.75, 3.05) is 7.05 Å². The van der Waals surface area contributed by atoms with Gasteiger partial charge in [-0.15, -0.1) is 0 Å². The molecule has 0 spiro atoms. The van der Waals surface area contributed by atoms with Crippen LogP contribution in [0.1, 0.15) is 5.76 Å². The van der Waals surface area contributed by atoms with Crippen molar-refractivity contribution in [2.45, 2.75) is 6.54 Å². The average molecular weight is 241 g/mol. The molecule has 1 aromatic carbocycles. The summed E-state index contributed by atoms with van der Waals surface area (Å²) < 4.78 is 44.8. The van der Waals surface area contributed by atoms with Crippen LogP contribution in [0.4, 0.5) is 13.2 Å². The molecule has 2 rings (SSSR count). The van der Waals surface area contributed by atoms with Crippen LogP contribution in [0, 0.1) is 17.5 Å². The summed E-state index contributed by atoms with van der Waals surface area (Å²) >= 11 is 0. The highest BCUT2D eigenvalue weighted by Gasteiger charge is 2.16. The van der Waals surface area contributed by atoms with Gasteiger partial charge in [0.05, 0.1) is 12.1 Å². The molecule has 0 radical (unpaired) electrons. The van der Waals surface area contributed by atoms with E-state index in [1.807, 2.05) is 0 Å². The minimum Gasteiger partial charge on any atom is -0.460 e. The Morgan fingerprint density at radius 1 is 1.12 bits per heavy atom. The molecule has 90 valence electrons. The number of hydrogen-bond donors (Lipinski definition) is 1. The van der Waals surface area contributed by atoms with E-state index in [2.05, 4.69) is 5.32 Å². The maximum atomic E-state index is 13.4. The molecule has 0 saturated carbocycles. The first-order valence-corrected chi connectivity index (χ1v) is 5.00. The fourth-order valence-corrected chi connectivity index (χ4v) is 1.56. The summed E-state index contributed by atoms with van der Waals surface area (Å²) in [4.78, 5) is 0. The molecule has 1 heterocycles. The Labute approximate surface area is 96.1 Å². The zero-order chi connectivity index (χ0) is 12.4. The third kappa shape index (κ3) is 2.34. The molecule has 2 nitrogen and oxygen atoms in total. The zero-order valence-corrected chi connectivity index (χ0v) is 9.06. The lowest BCUT2D eigenvalue weighted by Gasteiger charge is -2.02. The van der Waals surface area contributed by atoms with Crippen LogP contribution in [0.15, 0.2) is 28.7 Å². The van der Waals surface area contributed by atoms with Crippen molar-refractivity contribution in [3.8, 4) is 11.3 Å². The van der Waals surface area contributed by atoms with Crippen molar-refractivity contribution in [1.29, 1.82) is 0 Å². The molecule has 0 fully saturated rings. The Kier molecular flexibility index (Phi) is 3.19. The molecule has 0 aliphatic carbocycles. The van der Waals surface area contributed by atoms with Crippen molar-refractivity contribution >= 4 is 0 Å². The monoisotopic (exact) mass is 241 g/mol. The van der Waals surface area contributed by atoms with Crippen LogP contribution in [-0.4, -0.2) is 7.05 Å². The molecule has 2 aromatic rings. The number of rotatable bonds is 3. The predicted octanol–water partition coefficient (Wildman–Crippen LogP) is 3.08. The molecule has 1 aromatic heterocycles. The zero-order valence-electron chi connectivity index (χ0n) is 9.06. The fraction of sp³-hybridized carbons (Fsp3) is 0.167. The minimum atomic E-state index is -0.979. The lowest BCUT2D eigenvalue weighted by atomic mass is 10.1. The quantitative estimate of drug-likeness (QED) is 0.893. The van der Waals surface area contributed by atoms with Gasteiger partial charge in [-0.25, -0.2) is 13.2 Å². The maximum absolute atomic E-state index is 13.4. The van der Waals surface area contributed by atoms with Crippen molar-refractivity contribution in [3.05, 3.63) is 47.5 Å². The first-order chi connectivity index (χ1) is 8.11. The van der Waals surface area contributed by atoms with Gasteiger partial charge in [-0.05, 0) is 19.2 Å². The van der Waals surface area contributed by atoms with Crippen molar-refractivity contribution in [2.24, 2.45) is 0 Å². The molecule has 1 N–H and O–H groups in total. The topological polar surface area (TPSA) is 25.2 Å². The molecule has 0 amide bonds. The first-order valence-electron chi connectivity index (χ1n) is 5.00. The van der Waals surface area contributed by atoms with Gasteiger partial charge in [0, 0.05) is 12.1 Å². The highest BCUT2D eigenvalue weighted by atomic mass is 19.1. The van der Waals surface area contributed by atoms with Crippen molar-refractivity contribution in [3.63, 3.8) is 0 Å². The highest BCUT2D eigenvalue weighted by molar-refractivity contribution is 5.59. The molecule has 0 saturated heterocycles. The van der Waals surface area contributed by atoms with Gasteiger partial charge in [-0.1, -0.05) is 0 Å². The molecule has 0 bridgehead atoms. The second-order valence-electron chi connectivity index (χ2n) is 3.54. The van der Waals surface area contributed by atoms with E-state index in [1.54, 1.807) is 13.1 Å². The first kappa shape index (κ1) is 11.7. The maximum Gasteiger partial charge on any atom is 0.140 e. The summed E-state index contributed by atoms with van der Waals surface area (Å²) in [6, 6.07) is 4.30. The second kappa shape index (κ2) is 4.63. The molecule has 0 unspecified atom stereocenters. The Bertz CT molecular complexity index is 513. The van der Waals surface area contributed by atoms with E-state index in [-0.39, 0.29) is 11.3 Å². The normalized spacial score (nSPS) is 10.8. The molecule has 0 aliphatic rings. The molecular formula is C12H10F3NO. The number of halogens is 3. The number of nitrogens with one attached hydrogen (secondary N) is 1. The van der Waals surface area contributed by atoms with E-state index in [0.29, 0.717) is 24.4 Å². The van der Waals surface area contributed by atoms with Crippen LogP contribution in [0.3, 0.4) is 0 Å². The van der Waals surface area contributed by atoms with Crippen molar-refractivity contribution < 1.29 is 17.6 Å². The number of hydrogen-bond acceptors (Lipinski definition) is 2. The Hall–Kier alpha value is -1.75. The Morgan fingerprint density at radius 3 is 2.35 bits per heavy atom. The van der Waals surface area contributed by atoms with Crippen LogP contribution in [0.25, 0.3) is 11.3 Å².